The largest absolute Gasteiger partial charge is 0.418 e. The second-order valence-corrected chi connectivity index (χ2v) is 14.4. The Labute approximate surface area is 309 Å². The van der Waals surface area contributed by atoms with Gasteiger partial charge in [-0.1, -0.05) is 87.2 Å². The highest BCUT2D eigenvalue weighted by Gasteiger charge is 2.35. The van der Waals surface area contributed by atoms with Gasteiger partial charge in [-0.05, 0) is 60.9 Å². The van der Waals surface area contributed by atoms with Crippen LogP contribution in [-0.4, -0.2) is 35.2 Å². The Hall–Kier alpha value is -4.95. The molecule has 9 nitrogen and oxygen atoms in total. The summed E-state index contributed by atoms with van der Waals surface area (Å²) in [5, 5.41) is 7.49. The molecule has 0 fully saturated rings. The smallest absolute Gasteiger partial charge is 0.385 e. The quantitative estimate of drug-likeness (QED) is 0.0814. The molecule has 5 aromatic rings. The molecule has 2 N–H and O–H groups in total. The summed E-state index contributed by atoms with van der Waals surface area (Å²) >= 11 is 6.07. The topological polar surface area (TPSA) is 115 Å². The zero-order chi connectivity index (χ0) is 38.3. The van der Waals surface area contributed by atoms with Crippen molar-refractivity contribution in [1.82, 2.24) is 19.1 Å². The number of hydrogen-bond donors (Lipinski definition) is 2. The average Bonchev–Trinajstić information content (AvgIpc) is 3.43. The number of anilines is 1. The number of sulfonamides is 1. The first-order chi connectivity index (χ1) is 25.2. The number of carbonyl (C=O) groups is 1. The van der Waals surface area contributed by atoms with Crippen LogP contribution in [0.5, 0.6) is 0 Å². The van der Waals surface area contributed by atoms with E-state index in [-0.39, 0.29) is 51.0 Å². The molecule has 0 unspecified atom stereocenters. The SMILES string of the molecule is CCCCCNc1ccc(C(F)(F)F)c(-n2nc(CCCC)n(Cc3ccc(-c4ccccc4S(=O)(=O)NC(=O)c4ccccc4Cl)cc3F)c2=O)c1. The number of unbranched alkanes of at least 4 members (excludes halogenated alkanes) is 3. The Morgan fingerprint density at radius 3 is 2.32 bits per heavy atom. The summed E-state index contributed by atoms with van der Waals surface area (Å²) < 4.78 is 89.2. The summed E-state index contributed by atoms with van der Waals surface area (Å²) in [5.41, 5.74) is -1.76. The lowest BCUT2D eigenvalue weighted by molar-refractivity contribution is -0.137. The van der Waals surface area contributed by atoms with Gasteiger partial charge < -0.3 is 5.32 Å². The highest BCUT2D eigenvalue weighted by atomic mass is 35.5. The molecule has 280 valence electrons. The van der Waals surface area contributed by atoms with E-state index in [1.54, 1.807) is 12.1 Å². The third-order valence-corrected chi connectivity index (χ3v) is 10.3. The molecular weight excluding hydrogens is 734 g/mol. The van der Waals surface area contributed by atoms with Crippen LogP contribution in [0.3, 0.4) is 0 Å². The zero-order valence-corrected chi connectivity index (χ0v) is 30.6. The van der Waals surface area contributed by atoms with E-state index in [0.29, 0.717) is 25.1 Å². The van der Waals surface area contributed by atoms with Gasteiger partial charge in [0.25, 0.3) is 15.9 Å². The fraction of sp³-hybridized carbons (Fsp3) is 0.289. The Balaban J connectivity index is 1.49. The zero-order valence-electron chi connectivity index (χ0n) is 29.0. The molecule has 5 rings (SSSR count). The van der Waals surface area contributed by atoms with Crippen molar-refractivity contribution in [2.75, 3.05) is 11.9 Å². The Bertz CT molecular complexity index is 2270. The first-order valence-electron chi connectivity index (χ1n) is 17.1. The predicted octanol–water partition coefficient (Wildman–Crippen LogP) is 8.62. The summed E-state index contributed by atoms with van der Waals surface area (Å²) in [7, 11) is -4.47. The van der Waals surface area contributed by atoms with Gasteiger partial charge in [0, 0.05) is 29.8 Å². The van der Waals surface area contributed by atoms with Gasteiger partial charge in [0.2, 0.25) is 0 Å². The number of halogens is 5. The van der Waals surface area contributed by atoms with Crippen molar-refractivity contribution in [2.24, 2.45) is 0 Å². The summed E-state index contributed by atoms with van der Waals surface area (Å²) in [4.78, 5) is 26.4. The highest BCUT2D eigenvalue weighted by molar-refractivity contribution is 7.90. The highest BCUT2D eigenvalue weighted by Crippen LogP contribution is 2.35. The van der Waals surface area contributed by atoms with Crippen molar-refractivity contribution in [3.63, 3.8) is 0 Å². The van der Waals surface area contributed by atoms with E-state index in [1.807, 2.05) is 18.6 Å². The summed E-state index contributed by atoms with van der Waals surface area (Å²) in [5.74, 6) is -1.57. The van der Waals surface area contributed by atoms with E-state index in [4.69, 9.17) is 11.6 Å². The van der Waals surface area contributed by atoms with Crippen LogP contribution in [0, 0.1) is 5.82 Å². The lowest BCUT2D eigenvalue weighted by Gasteiger charge is -2.15. The van der Waals surface area contributed by atoms with Crippen LogP contribution in [0.25, 0.3) is 16.8 Å². The molecule has 0 atom stereocenters. The fourth-order valence-corrected chi connectivity index (χ4v) is 7.19. The van der Waals surface area contributed by atoms with Crippen molar-refractivity contribution >= 4 is 33.2 Å². The second kappa shape index (κ2) is 16.8. The number of aromatic nitrogens is 3. The first kappa shape index (κ1) is 39.3. The van der Waals surface area contributed by atoms with Gasteiger partial charge in [-0.25, -0.2) is 22.3 Å². The number of hydrogen-bond acceptors (Lipinski definition) is 6. The molecule has 0 aliphatic carbocycles. The van der Waals surface area contributed by atoms with Gasteiger partial charge in [-0.15, -0.1) is 5.10 Å². The third kappa shape index (κ3) is 9.17. The Morgan fingerprint density at radius 1 is 0.906 bits per heavy atom. The van der Waals surface area contributed by atoms with E-state index in [2.05, 4.69) is 10.4 Å². The summed E-state index contributed by atoms with van der Waals surface area (Å²) in [6.45, 7) is 4.13. The van der Waals surface area contributed by atoms with Crippen molar-refractivity contribution in [1.29, 1.82) is 0 Å². The van der Waals surface area contributed by atoms with Crippen LogP contribution in [0.4, 0.5) is 23.2 Å². The normalized spacial score (nSPS) is 11.8. The van der Waals surface area contributed by atoms with Crippen LogP contribution < -0.4 is 15.7 Å². The van der Waals surface area contributed by atoms with Gasteiger partial charge >= 0.3 is 11.9 Å². The maximum absolute atomic E-state index is 15.9. The second-order valence-electron chi connectivity index (χ2n) is 12.4. The standard InChI is InChI=1S/C38H38ClF4N5O4S/c1-3-5-11-21-44-27-19-20-30(38(41,42)43)33(23-27)48-37(50)47(35(45-48)16-6-4-2)24-26-18-17-25(22-32(26)40)28-12-8-10-15-34(28)53(51,52)46-36(49)29-13-7-9-14-31(29)39/h7-10,12-15,17-20,22-23,44H,3-6,11,16,21,24H2,1-2H3,(H,46,49). The molecule has 0 aliphatic rings. The van der Waals surface area contributed by atoms with Crippen molar-refractivity contribution in [3.05, 3.63) is 129 Å². The first-order valence-corrected chi connectivity index (χ1v) is 18.9. The minimum Gasteiger partial charge on any atom is -0.385 e. The van der Waals surface area contributed by atoms with E-state index in [0.717, 1.165) is 40.6 Å². The van der Waals surface area contributed by atoms with E-state index < -0.39 is 44.9 Å². The molecule has 4 aromatic carbocycles. The lowest BCUT2D eigenvalue weighted by Crippen LogP contribution is -2.31. The van der Waals surface area contributed by atoms with Gasteiger partial charge in [0.15, 0.2) is 0 Å². The number of aryl methyl sites for hydroxylation is 1. The molecule has 0 bridgehead atoms. The lowest BCUT2D eigenvalue weighted by atomic mass is 10.0. The minimum atomic E-state index is -4.79. The molecule has 1 amide bonds. The van der Waals surface area contributed by atoms with Crippen molar-refractivity contribution in [2.45, 2.75) is 70.0 Å². The summed E-state index contributed by atoms with van der Waals surface area (Å²) in [6.07, 6.45) is -0.536. The maximum Gasteiger partial charge on any atom is 0.418 e. The predicted molar refractivity (Wildman–Crippen MR) is 196 cm³/mol. The minimum absolute atomic E-state index is 0.0166. The number of nitrogens with one attached hydrogen (secondary N) is 2. The van der Waals surface area contributed by atoms with Gasteiger partial charge in [0.05, 0.1) is 33.3 Å². The molecule has 0 saturated carbocycles. The molecule has 0 saturated heterocycles. The number of nitrogens with zero attached hydrogens (tertiary/aromatic N) is 3. The number of carbonyl (C=O) groups excluding carboxylic acids is 1. The molecule has 0 spiro atoms. The Kier molecular flexibility index (Phi) is 12.4. The molecule has 15 heteroatoms. The van der Waals surface area contributed by atoms with Crippen LogP contribution in [-0.2, 0) is 29.2 Å². The third-order valence-electron chi connectivity index (χ3n) is 8.55. The molecule has 0 radical (unpaired) electrons. The average molecular weight is 772 g/mol. The van der Waals surface area contributed by atoms with E-state index in [9.17, 15) is 31.2 Å². The number of benzene rings is 4. The molecular formula is C38H38ClF4N5O4S. The van der Waals surface area contributed by atoms with Gasteiger partial charge in [0.1, 0.15) is 11.6 Å². The monoisotopic (exact) mass is 771 g/mol. The fourth-order valence-electron chi connectivity index (χ4n) is 5.77. The molecule has 0 aliphatic heterocycles. The maximum atomic E-state index is 15.9. The number of alkyl halides is 3. The molecule has 53 heavy (non-hydrogen) atoms. The molecule has 1 heterocycles. The van der Waals surface area contributed by atoms with Crippen molar-refractivity contribution < 1.29 is 30.8 Å². The van der Waals surface area contributed by atoms with E-state index >= 15 is 4.39 Å². The van der Waals surface area contributed by atoms with Crippen LogP contribution in [0.2, 0.25) is 5.02 Å². The van der Waals surface area contributed by atoms with Gasteiger partial charge in [-0.2, -0.15) is 17.9 Å². The Morgan fingerprint density at radius 2 is 1.62 bits per heavy atom. The number of amides is 1. The van der Waals surface area contributed by atoms with Gasteiger partial charge in [-0.3, -0.25) is 9.36 Å². The van der Waals surface area contributed by atoms with Crippen molar-refractivity contribution in [3.8, 4) is 16.8 Å². The summed E-state index contributed by atoms with van der Waals surface area (Å²) in [6, 6.07) is 19.0. The van der Waals surface area contributed by atoms with Crippen LogP contribution >= 0.6 is 11.6 Å². The number of rotatable bonds is 15. The molecule has 1 aromatic heterocycles. The van der Waals surface area contributed by atoms with E-state index in [1.165, 1.54) is 60.7 Å². The van der Waals surface area contributed by atoms with Crippen LogP contribution in [0.15, 0.2) is 94.6 Å². The van der Waals surface area contributed by atoms with Crippen LogP contribution in [0.1, 0.15) is 73.3 Å².